The number of nitrogens with one attached hydrogen (secondary N) is 1. The van der Waals surface area contributed by atoms with Crippen molar-refractivity contribution >= 4 is 17.4 Å². The molecule has 2 aromatic heterocycles. The standard InChI is InChI=1S/C28H31N7O2/c1-21(2)35-28(37)34(20-30-35)24-13-14-25(29-19-24)32-15-17-33(18-16-32)26(22-9-5-3-6-10-22)27(36)31-23-11-7-4-8-12-23/h3-14,19-21,26H,15-18H2,1-2H3,(H,31,36). The Morgan fingerprint density at radius 3 is 2.16 bits per heavy atom. The number of piperazine rings is 1. The minimum atomic E-state index is -0.386. The Labute approximate surface area is 216 Å². The van der Waals surface area contributed by atoms with Crippen molar-refractivity contribution in [1.82, 2.24) is 24.2 Å². The van der Waals surface area contributed by atoms with Gasteiger partial charge in [0.25, 0.3) is 0 Å². The van der Waals surface area contributed by atoms with Crippen LogP contribution in [0.3, 0.4) is 0 Å². The lowest BCUT2D eigenvalue weighted by atomic mass is 10.0. The van der Waals surface area contributed by atoms with Gasteiger partial charge in [-0.3, -0.25) is 9.69 Å². The summed E-state index contributed by atoms with van der Waals surface area (Å²) in [7, 11) is 0. The summed E-state index contributed by atoms with van der Waals surface area (Å²) < 4.78 is 2.95. The fraction of sp³-hybridized carbons (Fsp3) is 0.286. The average molecular weight is 498 g/mol. The number of benzene rings is 2. The van der Waals surface area contributed by atoms with Gasteiger partial charge in [-0.15, -0.1) is 0 Å². The Balaban J connectivity index is 1.28. The molecule has 0 aliphatic carbocycles. The van der Waals surface area contributed by atoms with Crippen molar-refractivity contribution in [2.75, 3.05) is 36.4 Å². The molecule has 0 radical (unpaired) electrons. The Kier molecular flexibility index (Phi) is 7.14. The van der Waals surface area contributed by atoms with E-state index in [1.165, 1.54) is 15.6 Å². The van der Waals surface area contributed by atoms with E-state index in [1.807, 2.05) is 86.6 Å². The fourth-order valence-electron chi connectivity index (χ4n) is 4.66. The van der Waals surface area contributed by atoms with Gasteiger partial charge < -0.3 is 10.2 Å². The van der Waals surface area contributed by atoms with Crippen molar-refractivity contribution in [2.45, 2.75) is 25.9 Å². The highest BCUT2D eigenvalue weighted by molar-refractivity contribution is 5.95. The Morgan fingerprint density at radius 1 is 0.892 bits per heavy atom. The first-order valence-electron chi connectivity index (χ1n) is 12.5. The summed E-state index contributed by atoms with van der Waals surface area (Å²) in [4.78, 5) is 35.0. The largest absolute Gasteiger partial charge is 0.354 e. The molecule has 0 saturated carbocycles. The molecule has 37 heavy (non-hydrogen) atoms. The number of para-hydroxylation sites is 1. The second-order valence-electron chi connectivity index (χ2n) is 9.39. The molecular formula is C28H31N7O2. The van der Waals surface area contributed by atoms with Crippen LogP contribution in [0.25, 0.3) is 5.69 Å². The second kappa shape index (κ2) is 10.8. The minimum Gasteiger partial charge on any atom is -0.354 e. The molecule has 1 unspecified atom stereocenters. The van der Waals surface area contributed by atoms with Crippen LogP contribution in [0.15, 0.2) is 90.1 Å². The van der Waals surface area contributed by atoms with Crippen molar-refractivity contribution in [3.8, 4) is 5.69 Å². The SMILES string of the molecule is CC(C)n1ncn(-c2ccc(N3CCN(C(C(=O)Nc4ccccc4)c4ccccc4)CC3)nc2)c1=O. The lowest BCUT2D eigenvalue weighted by molar-refractivity contribution is -0.121. The summed E-state index contributed by atoms with van der Waals surface area (Å²) in [6.07, 6.45) is 3.23. The van der Waals surface area contributed by atoms with Gasteiger partial charge in [-0.2, -0.15) is 5.10 Å². The highest BCUT2D eigenvalue weighted by atomic mass is 16.2. The van der Waals surface area contributed by atoms with E-state index in [2.05, 4.69) is 25.2 Å². The van der Waals surface area contributed by atoms with Crippen LogP contribution in [-0.4, -0.2) is 56.3 Å². The normalized spacial score (nSPS) is 15.1. The van der Waals surface area contributed by atoms with Crippen LogP contribution in [0.4, 0.5) is 11.5 Å². The zero-order valence-electron chi connectivity index (χ0n) is 21.1. The molecule has 1 N–H and O–H groups in total. The van der Waals surface area contributed by atoms with Crippen LogP contribution in [0.1, 0.15) is 31.5 Å². The maximum Gasteiger partial charge on any atom is 0.350 e. The minimum absolute atomic E-state index is 0.00763. The number of hydrogen-bond acceptors (Lipinski definition) is 6. The average Bonchev–Trinajstić information content (AvgIpc) is 3.32. The summed E-state index contributed by atoms with van der Waals surface area (Å²) in [5.41, 5.74) is 2.26. The molecule has 9 nitrogen and oxygen atoms in total. The number of amides is 1. The molecule has 190 valence electrons. The van der Waals surface area contributed by atoms with Crippen LogP contribution < -0.4 is 15.9 Å². The van der Waals surface area contributed by atoms with E-state index in [0.717, 1.165) is 30.2 Å². The number of rotatable bonds is 7. The highest BCUT2D eigenvalue weighted by Crippen LogP contribution is 2.25. The van der Waals surface area contributed by atoms with Gasteiger partial charge in [-0.25, -0.2) is 19.0 Å². The van der Waals surface area contributed by atoms with Gasteiger partial charge in [0.2, 0.25) is 5.91 Å². The Bertz CT molecular complexity index is 1370. The summed E-state index contributed by atoms with van der Waals surface area (Å²) in [6, 6.07) is 22.9. The lowest BCUT2D eigenvalue weighted by Gasteiger charge is -2.39. The molecule has 1 aliphatic heterocycles. The van der Waals surface area contributed by atoms with Gasteiger partial charge in [-0.05, 0) is 43.7 Å². The third-order valence-electron chi connectivity index (χ3n) is 6.60. The Morgan fingerprint density at radius 2 is 1.57 bits per heavy atom. The first-order valence-corrected chi connectivity index (χ1v) is 12.5. The first-order chi connectivity index (χ1) is 18.0. The predicted molar refractivity (Wildman–Crippen MR) is 144 cm³/mol. The van der Waals surface area contributed by atoms with Crippen molar-refractivity contribution in [3.63, 3.8) is 0 Å². The van der Waals surface area contributed by atoms with E-state index in [0.29, 0.717) is 18.8 Å². The first kappa shape index (κ1) is 24.5. The van der Waals surface area contributed by atoms with Crippen LogP contribution in [0.2, 0.25) is 0 Å². The van der Waals surface area contributed by atoms with Gasteiger partial charge in [0.15, 0.2) is 0 Å². The molecule has 0 bridgehead atoms. The van der Waals surface area contributed by atoms with Crippen LogP contribution >= 0.6 is 0 Å². The molecular weight excluding hydrogens is 466 g/mol. The molecule has 0 spiro atoms. The van der Waals surface area contributed by atoms with Crippen molar-refractivity contribution in [1.29, 1.82) is 0 Å². The third kappa shape index (κ3) is 5.31. The van der Waals surface area contributed by atoms with Gasteiger partial charge >= 0.3 is 5.69 Å². The summed E-state index contributed by atoms with van der Waals surface area (Å²) in [5, 5.41) is 7.26. The summed E-state index contributed by atoms with van der Waals surface area (Å²) in [5.74, 6) is 0.804. The third-order valence-corrected chi connectivity index (χ3v) is 6.60. The lowest BCUT2D eigenvalue weighted by Crippen LogP contribution is -2.50. The molecule has 1 amide bonds. The molecule has 1 saturated heterocycles. The number of carbonyl (C=O) groups is 1. The van der Waals surface area contributed by atoms with E-state index in [-0.39, 0.29) is 23.7 Å². The van der Waals surface area contributed by atoms with Crippen LogP contribution in [0, 0.1) is 0 Å². The molecule has 3 heterocycles. The van der Waals surface area contributed by atoms with Crippen molar-refractivity contribution < 1.29 is 4.79 Å². The van der Waals surface area contributed by atoms with E-state index in [4.69, 9.17) is 0 Å². The number of aromatic nitrogens is 4. The number of hydrogen-bond donors (Lipinski definition) is 1. The Hall–Kier alpha value is -4.24. The van der Waals surface area contributed by atoms with Gasteiger partial charge in [0.05, 0.1) is 17.9 Å². The van der Waals surface area contributed by atoms with Gasteiger partial charge in [0.1, 0.15) is 18.2 Å². The summed E-state index contributed by atoms with van der Waals surface area (Å²) >= 11 is 0. The van der Waals surface area contributed by atoms with Crippen LogP contribution in [-0.2, 0) is 4.79 Å². The maximum atomic E-state index is 13.4. The van der Waals surface area contributed by atoms with E-state index >= 15 is 0 Å². The zero-order valence-corrected chi connectivity index (χ0v) is 21.1. The molecule has 5 rings (SSSR count). The number of carbonyl (C=O) groups excluding carboxylic acids is 1. The number of anilines is 2. The van der Waals surface area contributed by atoms with E-state index in [9.17, 15) is 9.59 Å². The topological polar surface area (TPSA) is 88.3 Å². The molecule has 1 atom stereocenters. The van der Waals surface area contributed by atoms with Crippen molar-refractivity contribution in [3.05, 3.63) is 101 Å². The monoisotopic (exact) mass is 497 g/mol. The zero-order chi connectivity index (χ0) is 25.8. The van der Waals surface area contributed by atoms with Crippen molar-refractivity contribution in [2.24, 2.45) is 0 Å². The number of nitrogens with zero attached hydrogens (tertiary/aromatic N) is 6. The van der Waals surface area contributed by atoms with E-state index in [1.54, 1.807) is 6.20 Å². The van der Waals surface area contributed by atoms with Gasteiger partial charge in [0, 0.05) is 31.9 Å². The van der Waals surface area contributed by atoms with Crippen LogP contribution in [0.5, 0.6) is 0 Å². The van der Waals surface area contributed by atoms with E-state index < -0.39 is 0 Å². The molecule has 9 heteroatoms. The maximum absolute atomic E-state index is 13.4. The predicted octanol–water partition coefficient (Wildman–Crippen LogP) is 3.51. The molecule has 1 fully saturated rings. The van der Waals surface area contributed by atoms with Gasteiger partial charge in [-0.1, -0.05) is 48.5 Å². The quantitative estimate of drug-likeness (QED) is 0.420. The molecule has 1 aliphatic rings. The smallest absolute Gasteiger partial charge is 0.350 e. The second-order valence-corrected chi connectivity index (χ2v) is 9.39. The highest BCUT2D eigenvalue weighted by Gasteiger charge is 2.31. The number of pyridine rings is 1. The summed E-state index contributed by atoms with van der Waals surface area (Å²) in [6.45, 7) is 6.75. The fourth-order valence-corrected chi connectivity index (χ4v) is 4.66. The molecule has 4 aromatic rings. The molecule has 2 aromatic carbocycles.